The Hall–Kier alpha value is -1.92. The smallest absolute Gasteiger partial charge is 0.257 e. The number of amides is 1. The molecule has 0 aliphatic rings. The van der Waals surface area contributed by atoms with E-state index in [9.17, 15) is 4.79 Å². The highest BCUT2D eigenvalue weighted by molar-refractivity contribution is 5.95. The molecular formula is C12H15N3O3. The summed E-state index contributed by atoms with van der Waals surface area (Å²) in [5, 5.41) is 3.68. The predicted molar refractivity (Wildman–Crippen MR) is 67.4 cm³/mol. The van der Waals surface area contributed by atoms with E-state index in [1.54, 1.807) is 12.3 Å². The van der Waals surface area contributed by atoms with Gasteiger partial charge in [-0.3, -0.25) is 4.79 Å². The summed E-state index contributed by atoms with van der Waals surface area (Å²) in [6.07, 6.45) is 2.85. The first kappa shape index (κ1) is 12.5. The van der Waals surface area contributed by atoms with Gasteiger partial charge in [-0.05, 0) is 12.1 Å². The average molecular weight is 249 g/mol. The fourth-order valence-corrected chi connectivity index (χ4v) is 1.63. The van der Waals surface area contributed by atoms with E-state index in [0.717, 1.165) is 10.9 Å². The Morgan fingerprint density at radius 2 is 2.39 bits per heavy atom. The molecule has 1 unspecified atom stereocenters. The molecule has 2 aromatic rings. The number of hydrogen-bond donors (Lipinski definition) is 2. The van der Waals surface area contributed by atoms with Crippen LogP contribution in [0, 0.1) is 0 Å². The summed E-state index contributed by atoms with van der Waals surface area (Å²) in [4.78, 5) is 19.0. The van der Waals surface area contributed by atoms with E-state index in [1.165, 1.54) is 14.2 Å². The Labute approximate surface area is 104 Å². The summed E-state index contributed by atoms with van der Waals surface area (Å²) in [6, 6.07) is 3.71. The summed E-state index contributed by atoms with van der Waals surface area (Å²) >= 11 is 0. The van der Waals surface area contributed by atoms with Crippen LogP contribution in [0.5, 0.6) is 0 Å². The van der Waals surface area contributed by atoms with E-state index in [2.05, 4.69) is 15.3 Å². The van der Waals surface area contributed by atoms with Gasteiger partial charge in [0.15, 0.2) is 6.10 Å². The second-order valence-electron chi connectivity index (χ2n) is 3.80. The highest BCUT2D eigenvalue weighted by Gasteiger charge is 2.18. The standard InChI is InChI=1S/C12H15N3O3/c1-17-7-10(18-2)12(16)15-11-5-8-3-4-13-9(8)6-14-11/h3-6,10,13H,7H2,1-2H3,(H,14,15,16). The molecule has 0 aromatic carbocycles. The monoisotopic (exact) mass is 249 g/mol. The first-order valence-electron chi connectivity index (χ1n) is 5.50. The number of carbonyl (C=O) groups is 1. The van der Waals surface area contributed by atoms with Crippen molar-refractivity contribution in [3.8, 4) is 0 Å². The van der Waals surface area contributed by atoms with Crippen molar-refractivity contribution in [3.05, 3.63) is 24.5 Å². The van der Waals surface area contributed by atoms with Crippen LogP contribution in [-0.2, 0) is 14.3 Å². The van der Waals surface area contributed by atoms with Crippen LogP contribution >= 0.6 is 0 Å². The van der Waals surface area contributed by atoms with Gasteiger partial charge in [0.05, 0.1) is 18.3 Å². The fourth-order valence-electron chi connectivity index (χ4n) is 1.63. The van der Waals surface area contributed by atoms with Crippen LogP contribution in [0.2, 0.25) is 0 Å². The van der Waals surface area contributed by atoms with Crippen LogP contribution in [0.3, 0.4) is 0 Å². The zero-order valence-corrected chi connectivity index (χ0v) is 10.3. The van der Waals surface area contributed by atoms with Crippen molar-refractivity contribution < 1.29 is 14.3 Å². The highest BCUT2D eigenvalue weighted by atomic mass is 16.5. The molecule has 2 rings (SSSR count). The Kier molecular flexibility index (Phi) is 3.91. The number of aromatic amines is 1. The fraction of sp³-hybridized carbons (Fsp3) is 0.333. The molecule has 2 aromatic heterocycles. The summed E-state index contributed by atoms with van der Waals surface area (Å²) in [5.74, 6) is 0.215. The lowest BCUT2D eigenvalue weighted by Crippen LogP contribution is -2.33. The molecule has 6 nitrogen and oxygen atoms in total. The average Bonchev–Trinajstić information content (AvgIpc) is 2.83. The van der Waals surface area contributed by atoms with Crippen LogP contribution in [-0.4, -0.2) is 42.8 Å². The minimum absolute atomic E-state index is 0.203. The first-order valence-corrected chi connectivity index (χ1v) is 5.50. The first-order chi connectivity index (χ1) is 8.74. The second-order valence-corrected chi connectivity index (χ2v) is 3.80. The van der Waals surface area contributed by atoms with Gasteiger partial charge in [-0.1, -0.05) is 0 Å². The lowest BCUT2D eigenvalue weighted by molar-refractivity contribution is -0.128. The maximum atomic E-state index is 11.8. The van der Waals surface area contributed by atoms with E-state index in [0.29, 0.717) is 5.82 Å². The number of rotatable bonds is 5. The maximum Gasteiger partial charge on any atom is 0.257 e. The number of pyridine rings is 1. The highest BCUT2D eigenvalue weighted by Crippen LogP contribution is 2.15. The van der Waals surface area contributed by atoms with Crippen molar-refractivity contribution in [2.45, 2.75) is 6.10 Å². The molecule has 2 N–H and O–H groups in total. The van der Waals surface area contributed by atoms with Crippen molar-refractivity contribution in [2.24, 2.45) is 0 Å². The lowest BCUT2D eigenvalue weighted by atomic mass is 10.3. The third kappa shape index (κ3) is 2.66. The van der Waals surface area contributed by atoms with Crippen molar-refractivity contribution in [1.29, 1.82) is 0 Å². The van der Waals surface area contributed by atoms with Crippen molar-refractivity contribution >= 4 is 22.6 Å². The quantitative estimate of drug-likeness (QED) is 0.833. The number of nitrogens with zero attached hydrogens (tertiary/aromatic N) is 1. The number of methoxy groups -OCH3 is 2. The maximum absolute atomic E-state index is 11.8. The van der Waals surface area contributed by atoms with Gasteiger partial charge in [0.25, 0.3) is 5.91 Å². The topological polar surface area (TPSA) is 76.2 Å². The summed E-state index contributed by atoms with van der Waals surface area (Å²) < 4.78 is 9.93. The number of H-pyrrole nitrogens is 1. The number of fused-ring (bicyclic) bond motifs is 1. The number of aromatic nitrogens is 2. The summed E-state index contributed by atoms with van der Waals surface area (Å²) in [7, 11) is 2.98. The van der Waals surface area contributed by atoms with E-state index in [1.807, 2.05) is 12.3 Å². The zero-order chi connectivity index (χ0) is 13.0. The minimum Gasteiger partial charge on any atom is -0.381 e. The second kappa shape index (κ2) is 5.61. The summed E-state index contributed by atoms with van der Waals surface area (Å²) in [6.45, 7) is 0.203. The molecule has 0 aliphatic carbocycles. The zero-order valence-electron chi connectivity index (χ0n) is 10.3. The molecule has 1 amide bonds. The molecule has 6 heteroatoms. The number of anilines is 1. The minimum atomic E-state index is -0.640. The van der Waals surface area contributed by atoms with Crippen LogP contribution in [0.15, 0.2) is 24.5 Å². The van der Waals surface area contributed by atoms with Gasteiger partial charge >= 0.3 is 0 Å². The molecule has 0 fully saturated rings. The summed E-state index contributed by atoms with van der Waals surface area (Å²) in [5.41, 5.74) is 0.924. The molecule has 2 heterocycles. The molecule has 0 saturated heterocycles. The Morgan fingerprint density at radius 1 is 1.56 bits per heavy atom. The van der Waals surface area contributed by atoms with Crippen LogP contribution < -0.4 is 5.32 Å². The molecule has 0 aliphatic heterocycles. The van der Waals surface area contributed by atoms with Gasteiger partial charge in [0, 0.05) is 25.8 Å². The normalized spacial score (nSPS) is 12.6. The van der Waals surface area contributed by atoms with Gasteiger partial charge < -0.3 is 19.8 Å². The molecule has 18 heavy (non-hydrogen) atoms. The van der Waals surface area contributed by atoms with E-state index < -0.39 is 6.10 Å². The number of carbonyl (C=O) groups excluding carboxylic acids is 1. The Balaban J connectivity index is 2.09. The van der Waals surface area contributed by atoms with Gasteiger partial charge in [0.2, 0.25) is 0 Å². The number of ether oxygens (including phenoxy) is 2. The number of nitrogens with one attached hydrogen (secondary N) is 2. The van der Waals surface area contributed by atoms with Gasteiger partial charge in [-0.25, -0.2) is 4.98 Å². The van der Waals surface area contributed by atoms with E-state index in [4.69, 9.17) is 9.47 Å². The SMILES string of the molecule is COCC(OC)C(=O)Nc1cc2cc[nH]c2cn1. The van der Waals surface area contributed by atoms with Gasteiger partial charge in [0.1, 0.15) is 5.82 Å². The van der Waals surface area contributed by atoms with E-state index in [-0.39, 0.29) is 12.5 Å². The van der Waals surface area contributed by atoms with Crippen LogP contribution in [0.4, 0.5) is 5.82 Å². The molecule has 1 atom stereocenters. The molecule has 0 saturated carbocycles. The lowest BCUT2D eigenvalue weighted by Gasteiger charge is -2.13. The van der Waals surface area contributed by atoms with Gasteiger partial charge in [-0.2, -0.15) is 0 Å². The van der Waals surface area contributed by atoms with Crippen LogP contribution in [0.25, 0.3) is 10.9 Å². The van der Waals surface area contributed by atoms with Gasteiger partial charge in [-0.15, -0.1) is 0 Å². The molecule has 0 spiro atoms. The largest absolute Gasteiger partial charge is 0.381 e. The van der Waals surface area contributed by atoms with Crippen molar-refractivity contribution in [3.63, 3.8) is 0 Å². The van der Waals surface area contributed by atoms with Crippen molar-refractivity contribution in [1.82, 2.24) is 9.97 Å². The third-order valence-corrected chi connectivity index (χ3v) is 2.58. The molecular weight excluding hydrogens is 234 g/mol. The van der Waals surface area contributed by atoms with Crippen molar-refractivity contribution in [2.75, 3.05) is 26.1 Å². The predicted octanol–water partition coefficient (Wildman–Crippen LogP) is 1.16. The Morgan fingerprint density at radius 3 is 3.11 bits per heavy atom. The Bertz CT molecular complexity index is 538. The molecule has 0 bridgehead atoms. The van der Waals surface area contributed by atoms with Crippen LogP contribution in [0.1, 0.15) is 0 Å². The molecule has 0 radical (unpaired) electrons. The molecule has 96 valence electrons. The number of hydrogen-bond acceptors (Lipinski definition) is 4. The van der Waals surface area contributed by atoms with E-state index >= 15 is 0 Å². The third-order valence-electron chi connectivity index (χ3n) is 2.58.